The van der Waals surface area contributed by atoms with Crippen LogP contribution < -0.4 is 19.9 Å². The van der Waals surface area contributed by atoms with E-state index < -0.39 is 5.92 Å². The molecule has 2 aliphatic heterocycles. The van der Waals surface area contributed by atoms with E-state index in [1.807, 2.05) is 5.01 Å². The lowest BCUT2D eigenvalue weighted by atomic mass is 9.69. The molecular formula is C25H32N4O5. The summed E-state index contributed by atoms with van der Waals surface area (Å²) < 4.78 is 22.1. The van der Waals surface area contributed by atoms with Crippen molar-refractivity contribution >= 4 is 5.78 Å². The van der Waals surface area contributed by atoms with Gasteiger partial charge in [0.1, 0.15) is 5.82 Å². The SMILES string of the molecule is COc1cc([C@H]2C(C#N)=C(N)N(N3CCOCC3)C3=C2C(=O)CC(C)(C)C3)cc(OC)c1OC. The highest BCUT2D eigenvalue weighted by Crippen LogP contribution is 2.51. The van der Waals surface area contributed by atoms with Gasteiger partial charge in [-0.05, 0) is 29.5 Å². The molecule has 1 saturated heterocycles. The molecule has 9 nitrogen and oxygen atoms in total. The highest BCUT2D eigenvalue weighted by Gasteiger charge is 2.46. The zero-order chi connectivity index (χ0) is 24.6. The van der Waals surface area contributed by atoms with E-state index in [1.165, 1.54) is 21.3 Å². The van der Waals surface area contributed by atoms with E-state index in [1.54, 1.807) is 12.1 Å². The number of rotatable bonds is 5. The number of morpholine rings is 1. The number of hydrogen-bond acceptors (Lipinski definition) is 9. The Morgan fingerprint density at radius 3 is 2.24 bits per heavy atom. The second-order valence-electron chi connectivity index (χ2n) is 9.48. The number of allylic oxidation sites excluding steroid dienone is 3. The van der Waals surface area contributed by atoms with Gasteiger partial charge in [0.15, 0.2) is 17.3 Å². The molecule has 1 fully saturated rings. The predicted molar refractivity (Wildman–Crippen MR) is 125 cm³/mol. The summed E-state index contributed by atoms with van der Waals surface area (Å²) in [5.74, 6) is 1.08. The number of carbonyl (C=O) groups excluding carboxylic acids is 1. The number of carbonyl (C=O) groups is 1. The molecule has 1 atom stereocenters. The number of nitrogens with zero attached hydrogens (tertiary/aromatic N) is 3. The summed E-state index contributed by atoms with van der Waals surface area (Å²) in [4.78, 5) is 13.7. The van der Waals surface area contributed by atoms with Crippen LogP contribution in [0.25, 0.3) is 0 Å². The highest BCUT2D eigenvalue weighted by atomic mass is 16.5. The van der Waals surface area contributed by atoms with Gasteiger partial charge in [0.05, 0.1) is 52.1 Å². The zero-order valence-electron chi connectivity index (χ0n) is 20.4. The van der Waals surface area contributed by atoms with Crippen molar-refractivity contribution in [3.8, 4) is 23.3 Å². The molecule has 0 saturated carbocycles. The maximum absolute atomic E-state index is 13.7. The van der Waals surface area contributed by atoms with Gasteiger partial charge in [-0.15, -0.1) is 0 Å². The lowest BCUT2D eigenvalue weighted by Gasteiger charge is -2.48. The van der Waals surface area contributed by atoms with Gasteiger partial charge in [-0.3, -0.25) is 9.80 Å². The standard InChI is InChI=1S/C25H32N4O5/c1-25(2)12-17-22(18(30)13-25)21(15-10-19(31-3)23(33-5)20(11-15)32-4)16(14-26)24(27)29(17)28-6-8-34-9-7-28/h10-11,21H,6-9,12-13,27H2,1-5H3/t21-/m0/s1. The summed E-state index contributed by atoms with van der Waals surface area (Å²) in [6.07, 6.45) is 1.05. The van der Waals surface area contributed by atoms with Gasteiger partial charge in [-0.25, -0.2) is 5.01 Å². The highest BCUT2D eigenvalue weighted by molar-refractivity contribution is 6.00. The van der Waals surface area contributed by atoms with Crippen LogP contribution in [0.4, 0.5) is 0 Å². The molecule has 0 amide bonds. The minimum atomic E-state index is -0.630. The van der Waals surface area contributed by atoms with Gasteiger partial charge in [0, 0.05) is 30.8 Å². The molecule has 0 radical (unpaired) electrons. The molecule has 0 spiro atoms. The minimum Gasteiger partial charge on any atom is -0.493 e. The van der Waals surface area contributed by atoms with Crippen molar-refractivity contribution in [3.05, 3.63) is 40.4 Å². The van der Waals surface area contributed by atoms with E-state index in [0.29, 0.717) is 78.9 Å². The fourth-order valence-electron chi connectivity index (χ4n) is 5.17. The van der Waals surface area contributed by atoms with Crippen molar-refractivity contribution in [2.45, 2.75) is 32.6 Å². The number of nitriles is 1. The number of methoxy groups -OCH3 is 3. The molecule has 9 heteroatoms. The molecule has 0 aromatic heterocycles. The van der Waals surface area contributed by atoms with Gasteiger partial charge >= 0.3 is 0 Å². The Morgan fingerprint density at radius 1 is 1.09 bits per heavy atom. The molecule has 34 heavy (non-hydrogen) atoms. The molecule has 1 aromatic rings. The molecule has 4 rings (SSSR count). The molecule has 1 aromatic carbocycles. The number of benzene rings is 1. The summed E-state index contributed by atoms with van der Waals surface area (Å²) in [6.45, 7) is 6.53. The third kappa shape index (κ3) is 3.97. The maximum Gasteiger partial charge on any atom is 0.203 e. The van der Waals surface area contributed by atoms with Crippen LogP contribution in [-0.4, -0.2) is 63.4 Å². The first-order valence-corrected chi connectivity index (χ1v) is 11.3. The predicted octanol–water partition coefficient (Wildman–Crippen LogP) is 2.70. The Morgan fingerprint density at radius 2 is 1.71 bits per heavy atom. The van der Waals surface area contributed by atoms with Crippen molar-refractivity contribution in [1.29, 1.82) is 5.26 Å². The summed E-state index contributed by atoms with van der Waals surface area (Å²) in [6, 6.07) is 5.89. The first-order valence-electron chi connectivity index (χ1n) is 11.3. The Kier molecular flexibility index (Phi) is 6.47. The van der Waals surface area contributed by atoms with E-state index in [0.717, 1.165) is 5.70 Å². The molecule has 2 heterocycles. The van der Waals surface area contributed by atoms with Crippen LogP contribution in [-0.2, 0) is 9.53 Å². The number of hydrogen-bond donors (Lipinski definition) is 1. The van der Waals surface area contributed by atoms with Gasteiger partial charge in [0.25, 0.3) is 0 Å². The van der Waals surface area contributed by atoms with E-state index in [-0.39, 0.29) is 11.2 Å². The van der Waals surface area contributed by atoms with Crippen molar-refractivity contribution in [1.82, 2.24) is 10.0 Å². The first kappa shape index (κ1) is 23.9. The van der Waals surface area contributed by atoms with E-state index in [4.69, 9.17) is 24.7 Å². The van der Waals surface area contributed by atoms with E-state index in [9.17, 15) is 10.1 Å². The van der Waals surface area contributed by atoms with Crippen LogP contribution in [0, 0.1) is 16.7 Å². The fourth-order valence-corrected chi connectivity index (χ4v) is 5.17. The van der Waals surface area contributed by atoms with Crippen LogP contribution in [0.15, 0.2) is 34.8 Å². The van der Waals surface area contributed by atoms with Crippen LogP contribution in [0.1, 0.15) is 38.2 Å². The molecular weight excluding hydrogens is 436 g/mol. The smallest absolute Gasteiger partial charge is 0.203 e. The molecule has 2 N–H and O–H groups in total. The summed E-state index contributed by atoms with van der Waals surface area (Å²) in [5.41, 5.74) is 8.93. The van der Waals surface area contributed by atoms with Crippen molar-refractivity contribution in [2.24, 2.45) is 11.1 Å². The number of nitrogens with two attached hydrogens (primary N) is 1. The Labute approximate surface area is 200 Å². The van der Waals surface area contributed by atoms with Crippen molar-refractivity contribution in [2.75, 3.05) is 47.6 Å². The van der Waals surface area contributed by atoms with Crippen LogP contribution in [0.2, 0.25) is 0 Å². The average Bonchev–Trinajstić information content (AvgIpc) is 2.82. The van der Waals surface area contributed by atoms with E-state index in [2.05, 4.69) is 24.9 Å². The molecule has 3 aliphatic rings. The monoisotopic (exact) mass is 468 g/mol. The van der Waals surface area contributed by atoms with Crippen LogP contribution in [0.5, 0.6) is 17.2 Å². The normalized spacial score (nSPS) is 22.9. The summed E-state index contributed by atoms with van der Waals surface area (Å²) >= 11 is 0. The van der Waals surface area contributed by atoms with Gasteiger partial charge in [0.2, 0.25) is 5.75 Å². The average molecular weight is 469 g/mol. The fraction of sp³-hybridized carbons (Fsp3) is 0.520. The third-order valence-corrected chi connectivity index (χ3v) is 6.64. The van der Waals surface area contributed by atoms with Crippen LogP contribution >= 0.6 is 0 Å². The van der Waals surface area contributed by atoms with Crippen molar-refractivity contribution in [3.63, 3.8) is 0 Å². The van der Waals surface area contributed by atoms with Crippen LogP contribution in [0.3, 0.4) is 0 Å². The quantitative estimate of drug-likeness (QED) is 0.697. The van der Waals surface area contributed by atoms with E-state index >= 15 is 0 Å². The Bertz CT molecular complexity index is 1070. The second-order valence-corrected chi connectivity index (χ2v) is 9.48. The van der Waals surface area contributed by atoms with Gasteiger partial charge in [-0.1, -0.05) is 13.8 Å². The largest absolute Gasteiger partial charge is 0.493 e. The van der Waals surface area contributed by atoms with Gasteiger partial charge in [-0.2, -0.15) is 5.26 Å². The lowest BCUT2D eigenvalue weighted by Crippen LogP contribution is -2.53. The molecule has 0 bridgehead atoms. The summed E-state index contributed by atoms with van der Waals surface area (Å²) in [5, 5.41) is 14.2. The lowest BCUT2D eigenvalue weighted by molar-refractivity contribution is -0.119. The minimum absolute atomic E-state index is 0.0171. The molecule has 1 aliphatic carbocycles. The molecule has 0 unspecified atom stereocenters. The number of hydrazine groups is 1. The van der Waals surface area contributed by atoms with Crippen molar-refractivity contribution < 1.29 is 23.7 Å². The zero-order valence-corrected chi connectivity index (χ0v) is 20.4. The maximum atomic E-state index is 13.7. The Hall–Kier alpha value is -3.22. The summed E-state index contributed by atoms with van der Waals surface area (Å²) in [7, 11) is 4.61. The second kappa shape index (κ2) is 9.20. The number of ketones is 1. The number of Topliss-reactive ketones (excluding diaryl/α,β-unsaturated/α-hetero) is 1. The Balaban J connectivity index is 1.96. The van der Waals surface area contributed by atoms with Gasteiger partial charge < -0.3 is 24.7 Å². The number of ether oxygens (including phenoxy) is 4. The molecule has 182 valence electrons. The third-order valence-electron chi connectivity index (χ3n) is 6.64. The first-order chi connectivity index (χ1) is 16.3. The topological polar surface area (TPSA) is 110 Å².